The number of anilines is 2. The highest BCUT2D eigenvalue weighted by molar-refractivity contribution is 5.52. The molecule has 0 saturated carbocycles. The third-order valence-corrected chi connectivity index (χ3v) is 3.59. The third kappa shape index (κ3) is 6.35. The van der Waals surface area contributed by atoms with Gasteiger partial charge >= 0.3 is 0 Å². The number of benzene rings is 2. The molecule has 0 aliphatic rings. The smallest absolute Gasteiger partial charge is 0.0372 e. The first-order chi connectivity index (χ1) is 11.2. The van der Waals surface area contributed by atoms with E-state index in [1.807, 2.05) is 13.8 Å². The second-order valence-electron chi connectivity index (χ2n) is 5.43. The Bertz CT molecular complexity index is 576. The van der Waals surface area contributed by atoms with Gasteiger partial charge in [-0.05, 0) is 68.5 Å². The van der Waals surface area contributed by atoms with Crippen LogP contribution in [0.3, 0.4) is 0 Å². The Morgan fingerprint density at radius 1 is 0.826 bits per heavy atom. The largest absolute Gasteiger partial charge is 0.385 e. The van der Waals surface area contributed by atoms with Crippen LogP contribution in [0, 0.1) is 6.92 Å². The van der Waals surface area contributed by atoms with Crippen LogP contribution >= 0.6 is 0 Å². The Labute approximate surface area is 142 Å². The summed E-state index contributed by atoms with van der Waals surface area (Å²) in [6.07, 6.45) is 2.14. The molecule has 2 nitrogen and oxygen atoms in total. The van der Waals surface area contributed by atoms with E-state index in [0.29, 0.717) is 0 Å². The van der Waals surface area contributed by atoms with Crippen LogP contribution in [0.4, 0.5) is 11.4 Å². The first-order valence-corrected chi connectivity index (χ1v) is 8.89. The van der Waals surface area contributed by atoms with Crippen molar-refractivity contribution in [1.29, 1.82) is 0 Å². The van der Waals surface area contributed by atoms with E-state index in [9.17, 15) is 0 Å². The molecule has 0 saturated heterocycles. The van der Waals surface area contributed by atoms with Crippen molar-refractivity contribution in [2.45, 2.75) is 47.5 Å². The molecule has 2 rings (SSSR count). The van der Waals surface area contributed by atoms with Gasteiger partial charge in [0.05, 0.1) is 0 Å². The summed E-state index contributed by atoms with van der Waals surface area (Å²) in [6.45, 7) is 12.4. The number of rotatable bonds is 7. The lowest BCUT2D eigenvalue weighted by Gasteiger charge is -2.12. The van der Waals surface area contributed by atoms with E-state index in [0.717, 1.165) is 25.9 Å². The van der Waals surface area contributed by atoms with E-state index >= 15 is 0 Å². The molecule has 0 aliphatic heterocycles. The Kier molecular flexibility index (Phi) is 8.89. The van der Waals surface area contributed by atoms with Gasteiger partial charge in [0.2, 0.25) is 0 Å². The maximum Gasteiger partial charge on any atom is 0.0372 e. The van der Waals surface area contributed by atoms with Crippen LogP contribution in [0.25, 0.3) is 0 Å². The summed E-state index contributed by atoms with van der Waals surface area (Å²) >= 11 is 0. The van der Waals surface area contributed by atoms with Gasteiger partial charge in [-0.3, -0.25) is 0 Å². The van der Waals surface area contributed by atoms with Crippen molar-refractivity contribution in [2.24, 2.45) is 0 Å². The van der Waals surface area contributed by atoms with E-state index in [-0.39, 0.29) is 0 Å². The van der Waals surface area contributed by atoms with Gasteiger partial charge < -0.3 is 10.6 Å². The molecule has 0 radical (unpaired) electrons. The lowest BCUT2D eigenvalue weighted by atomic mass is 10.0. The monoisotopic (exact) mass is 312 g/mol. The molecule has 0 heterocycles. The highest BCUT2D eigenvalue weighted by Gasteiger charge is 2.03. The molecule has 0 unspecified atom stereocenters. The van der Waals surface area contributed by atoms with Crippen LogP contribution in [0.2, 0.25) is 0 Å². The maximum atomic E-state index is 3.44. The van der Waals surface area contributed by atoms with Crippen molar-refractivity contribution in [3.8, 4) is 0 Å². The van der Waals surface area contributed by atoms with E-state index in [1.165, 1.54) is 28.1 Å². The molecule has 0 atom stereocenters. The third-order valence-electron chi connectivity index (χ3n) is 3.59. The highest BCUT2D eigenvalue weighted by atomic mass is 14.9. The Hall–Kier alpha value is -1.96. The summed E-state index contributed by atoms with van der Waals surface area (Å²) in [7, 11) is 0. The fraction of sp³-hybridized carbons (Fsp3) is 0.429. The zero-order valence-electron chi connectivity index (χ0n) is 15.4. The van der Waals surface area contributed by atoms with E-state index in [4.69, 9.17) is 0 Å². The number of nitrogens with one attached hydrogen (secondary N) is 2. The quantitative estimate of drug-likeness (QED) is 0.688. The van der Waals surface area contributed by atoms with E-state index in [1.54, 1.807) is 0 Å². The molecule has 0 bridgehead atoms. The van der Waals surface area contributed by atoms with Crippen LogP contribution in [-0.2, 0) is 12.8 Å². The van der Waals surface area contributed by atoms with Crippen molar-refractivity contribution in [2.75, 3.05) is 23.7 Å². The summed E-state index contributed by atoms with van der Waals surface area (Å²) < 4.78 is 0. The van der Waals surface area contributed by atoms with Gasteiger partial charge in [-0.25, -0.2) is 0 Å². The average molecular weight is 313 g/mol. The fourth-order valence-electron chi connectivity index (χ4n) is 2.69. The van der Waals surface area contributed by atoms with Gasteiger partial charge in [0.25, 0.3) is 0 Å². The van der Waals surface area contributed by atoms with Crippen LogP contribution in [0.15, 0.2) is 42.5 Å². The van der Waals surface area contributed by atoms with Crippen molar-refractivity contribution < 1.29 is 0 Å². The lowest BCUT2D eigenvalue weighted by molar-refractivity contribution is 0.955. The molecule has 0 amide bonds. The van der Waals surface area contributed by atoms with Crippen molar-refractivity contribution >= 4 is 11.4 Å². The Morgan fingerprint density at radius 3 is 2.22 bits per heavy atom. The first-order valence-electron chi connectivity index (χ1n) is 8.89. The molecule has 126 valence electrons. The second kappa shape index (κ2) is 10.7. The minimum absolute atomic E-state index is 0.964. The maximum absolute atomic E-state index is 3.44. The Morgan fingerprint density at radius 2 is 1.52 bits per heavy atom. The highest BCUT2D eigenvalue weighted by Crippen LogP contribution is 2.20. The minimum atomic E-state index is 0.964. The predicted molar refractivity (Wildman–Crippen MR) is 105 cm³/mol. The molecule has 0 aliphatic carbocycles. The summed E-state index contributed by atoms with van der Waals surface area (Å²) in [5.41, 5.74) is 6.61. The van der Waals surface area contributed by atoms with Crippen molar-refractivity contribution in [3.63, 3.8) is 0 Å². The Balaban J connectivity index is 0.00000127. The molecular weight excluding hydrogens is 280 g/mol. The topological polar surface area (TPSA) is 24.1 Å². The molecule has 0 aromatic heterocycles. The lowest BCUT2D eigenvalue weighted by Crippen LogP contribution is -2.02. The molecule has 0 spiro atoms. The average Bonchev–Trinajstić information content (AvgIpc) is 2.56. The first kappa shape index (κ1) is 19.1. The van der Waals surface area contributed by atoms with E-state index in [2.05, 4.69) is 73.9 Å². The molecular formula is C21H32N2. The molecule has 2 N–H and O–H groups in total. The van der Waals surface area contributed by atoms with Gasteiger partial charge in [-0.15, -0.1) is 0 Å². The zero-order chi connectivity index (χ0) is 17.1. The molecule has 2 aromatic rings. The van der Waals surface area contributed by atoms with Crippen LogP contribution in [0.1, 0.15) is 44.4 Å². The summed E-state index contributed by atoms with van der Waals surface area (Å²) in [5, 5.41) is 6.85. The minimum Gasteiger partial charge on any atom is -0.385 e. The summed E-state index contributed by atoms with van der Waals surface area (Å²) in [4.78, 5) is 0. The fourth-order valence-corrected chi connectivity index (χ4v) is 2.69. The van der Waals surface area contributed by atoms with Gasteiger partial charge in [-0.2, -0.15) is 0 Å². The number of para-hydroxylation sites is 1. The number of hydrogen-bond acceptors (Lipinski definition) is 2. The normalized spacial score (nSPS) is 9.78. The number of hydrogen-bond donors (Lipinski definition) is 2. The van der Waals surface area contributed by atoms with Gasteiger partial charge in [0, 0.05) is 24.5 Å². The van der Waals surface area contributed by atoms with Crippen LogP contribution in [-0.4, -0.2) is 13.1 Å². The molecule has 2 heteroatoms. The van der Waals surface area contributed by atoms with E-state index < -0.39 is 0 Å². The van der Waals surface area contributed by atoms with Crippen LogP contribution in [0.5, 0.6) is 0 Å². The standard InChI is InChI=1S/C19H26N2.C2H6/c1-4-20-18-13-15(3)12-16(14-18)10-11-17-8-6-7-9-19(17)21-5-2;1-2/h6-9,12-14,20-21H,4-5,10-11H2,1-3H3;1-2H3. The zero-order valence-corrected chi connectivity index (χ0v) is 15.4. The summed E-state index contributed by atoms with van der Waals surface area (Å²) in [6, 6.07) is 15.4. The molecule has 0 fully saturated rings. The summed E-state index contributed by atoms with van der Waals surface area (Å²) in [5.74, 6) is 0. The number of aryl methyl sites for hydroxylation is 3. The van der Waals surface area contributed by atoms with Crippen molar-refractivity contribution in [1.82, 2.24) is 0 Å². The molecule has 2 aromatic carbocycles. The second-order valence-corrected chi connectivity index (χ2v) is 5.43. The molecule has 23 heavy (non-hydrogen) atoms. The SMILES string of the molecule is CC.CCNc1cc(C)cc(CCc2ccccc2NCC)c1. The predicted octanol–water partition coefficient (Wildman–Crippen LogP) is 5.67. The van der Waals surface area contributed by atoms with Crippen molar-refractivity contribution in [3.05, 3.63) is 59.2 Å². The van der Waals surface area contributed by atoms with Gasteiger partial charge in [-0.1, -0.05) is 38.1 Å². The van der Waals surface area contributed by atoms with Gasteiger partial charge in [0.15, 0.2) is 0 Å². The van der Waals surface area contributed by atoms with Gasteiger partial charge in [0.1, 0.15) is 0 Å². The van der Waals surface area contributed by atoms with Crippen LogP contribution < -0.4 is 10.6 Å².